The molecule has 1 fully saturated rings. The topological polar surface area (TPSA) is 48.0 Å². The molecule has 1 aliphatic heterocycles. The van der Waals surface area contributed by atoms with Crippen LogP contribution < -0.4 is 14.2 Å². The zero-order valence-electron chi connectivity index (χ0n) is 14.9. The summed E-state index contributed by atoms with van der Waals surface area (Å²) in [5.41, 5.74) is 0.962. The van der Waals surface area contributed by atoms with Gasteiger partial charge in [-0.1, -0.05) is 11.6 Å². The average Bonchev–Trinajstić information content (AvgIpc) is 3.16. The average molecular weight is 376 g/mol. The summed E-state index contributed by atoms with van der Waals surface area (Å²) in [6, 6.07) is 12.6. The van der Waals surface area contributed by atoms with E-state index in [2.05, 4.69) is 0 Å². The number of amides is 1. The van der Waals surface area contributed by atoms with Crippen LogP contribution in [-0.2, 0) is 4.79 Å². The van der Waals surface area contributed by atoms with E-state index in [1.54, 1.807) is 38.5 Å². The molecule has 0 radical (unpaired) electrons. The second-order valence-corrected chi connectivity index (χ2v) is 6.53. The maximum Gasteiger partial charge on any atom is 0.261 e. The van der Waals surface area contributed by atoms with Crippen molar-refractivity contribution >= 4 is 17.5 Å². The number of likely N-dealkylation sites (tertiary alicyclic amines) is 1. The van der Waals surface area contributed by atoms with Gasteiger partial charge in [0.2, 0.25) is 0 Å². The third-order valence-electron chi connectivity index (χ3n) is 4.54. The summed E-state index contributed by atoms with van der Waals surface area (Å²) in [6.07, 6.45) is 1.83. The number of carbonyl (C=O) groups is 1. The molecule has 0 aromatic heterocycles. The lowest BCUT2D eigenvalue weighted by Gasteiger charge is -2.26. The molecule has 0 bridgehead atoms. The Balaban J connectivity index is 1.73. The first-order valence-corrected chi connectivity index (χ1v) is 8.90. The van der Waals surface area contributed by atoms with Gasteiger partial charge in [-0.05, 0) is 55.3 Å². The number of methoxy groups -OCH3 is 2. The van der Waals surface area contributed by atoms with E-state index in [1.165, 1.54) is 0 Å². The normalized spacial score (nSPS) is 16.4. The van der Waals surface area contributed by atoms with Crippen molar-refractivity contribution < 1.29 is 19.0 Å². The van der Waals surface area contributed by atoms with Gasteiger partial charge in [0.25, 0.3) is 5.91 Å². The van der Waals surface area contributed by atoms with Crippen molar-refractivity contribution in [1.82, 2.24) is 4.90 Å². The Kier molecular flexibility index (Phi) is 5.89. The predicted molar refractivity (Wildman–Crippen MR) is 100 cm³/mol. The second kappa shape index (κ2) is 8.32. The van der Waals surface area contributed by atoms with Gasteiger partial charge in [0.1, 0.15) is 17.2 Å². The Labute approximate surface area is 158 Å². The van der Waals surface area contributed by atoms with E-state index in [0.717, 1.165) is 29.9 Å². The number of hydrogen-bond acceptors (Lipinski definition) is 4. The van der Waals surface area contributed by atoms with Crippen molar-refractivity contribution in [1.29, 1.82) is 0 Å². The molecular weight excluding hydrogens is 354 g/mol. The number of carbonyl (C=O) groups excluding carboxylic acids is 1. The summed E-state index contributed by atoms with van der Waals surface area (Å²) in [6.45, 7) is 0.693. The lowest BCUT2D eigenvalue weighted by Crippen LogP contribution is -2.34. The van der Waals surface area contributed by atoms with E-state index < -0.39 is 0 Å². The fraction of sp³-hybridized carbons (Fsp3) is 0.350. The quantitative estimate of drug-likeness (QED) is 0.762. The molecule has 0 spiro atoms. The molecule has 138 valence electrons. The number of benzene rings is 2. The highest BCUT2D eigenvalue weighted by Gasteiger charge is 2.32. The fourth-order valence-corrected chi connectivity index (χ4v) is 3.37. The highest BCUT2D eigenvalue weighted by molar-refractivity contribution is 6.30. The van der Waals surface area contributed by atoms with E-state index in [9.17, 15) is 4.79 Å². The monoisotopic (exact) mass is 375 g/mol. The number of nitrogens with zero attached hydrogens (tertiary/aromatic N) is 1. The van der Waals surface area contributed by atoms with E-state index in [0.29, 0.717) is 17.3 Å². The molecule has 6 heteroatoms. The molecule has 2 aromatic carbocycles. The molecule has 1 saturated heterocycles. The van der Waals surface area contributed by atoms with Gasteiger partial charge < -0.3 is 19.1 Å². The molecule has 5 nitrogen and oxygen atoms in total. The number of rotatable bonds is 6. The first kappa shape index (κ1) is 18.4. The Bertz CT molecular complexity index is 763. The van der Waals surface area contributed by atoms with Crippen LogP contribution in [0.1, 0.15) is 24.4 Å². The van der Waals surface area contributed by atoms with Crippen molar-refractivity contribution in [2.24, 2.45) is 0 Å². The Morgan fingerprint density at radius 1 is 1.12 bits per heavy atom. The largest absolute Gasteiger partial charge is 0.497 e. The molecule has 2 aromatic rings. The predicted octanol–water partition coefficient (Wildman–Crippen LogP) is 4.10. The van der Waals surface area contributed by atoms with Crippen LogP contribution in [0.2, 0.25) is 5.02 Å². The fourth-order valence-electron chi connectivity index (χ4n) is 3.25. The van der Waals surface area contributed by atoms with E-state index in [1.807, 2.05) is 23.1 Å². The molecule has 1 heterocycles. The molecule has 0 N–H and O–H groups in total. The van der Waals surface area contributed by atoms with Gasteiger partial charge in [-0.3, -0.25) is 4.79 Å². The van der Waals surface area contributed by atoms with Gasteiger partial charge in [-0.25, -0.2) is 0 Å². The van der Waals surface area contributed by atoms with Crippen molar-refractivity contribution in [3.63, 3.8) is 0 Å². The molecule has 0 saturated carbocycles. The van der Waals surface area contributed by atoms with Crippen LogP contribution in [0, 0.1) is 0 Å². The van der Waals surface area contributed by atoms with Crippen molar-refractivity contribution in [3.8, 4) is 17.2 Å². The van der Waals surface area contributed by atoms with E-state index >= 15 is 0 Å². The van der Waals surface area contributed by atoms with Crippen LogP contribution >= 0.6 is 11.6 Å². The Morgan fingerprint density at radius 2 is 1.85 bits per heavy atom. The molecule has 1 unspecified atom stereocenters. The maximum absolute atomic E-state index is 12.7. The standard InChI is InChI=1S/C20H22ClNO4/c1-24-16-9-10-19(25-2)17(12-16)18-4-3-11-22(18)20(23)13-26-15-7-5-14(21)6-8-15/h5-10,12,18H,3-4,11,13H2,1-2H3. The van der Waals surface area contributed by atoms with Gasteiger partial charge in [0, 0.05) is 17.1 Å². The zero-order valence-corrected chi connectivity index (χ0v) is 15.7. The minimum absolute atomic E-state index is 0.00951. The van der Waals surface area contributed by atoms with E-state index in [4.69, 9.17) is 25.8 Å². The number of ether oxygens (including phenoxy) is 3. The second-order valence-electron chi connectivity index (χ2n) is 6.10. The van der Waals surface area contributed by atoms with Crippen molar-refractivity contribution in [2.45, 2.75) is 18.9 Å². The first-order valence-electron chi connectivity index (χ1n) is 8.52. The zero-order chi connectivity index (χ0) is 18.5. The highest BCUT2D eigenvalue weighted by atomic mass is 35.5. The van der Waals surface area contributed by atoms with Crippen LogP contribution in [0.3, 0.4) is 0 Å². The molecule has 1 aliphatic rings. The maximum atomic E-state index is 12.7. The summed E-state index contributed by atoms with van der Waals surface area (Å²) in [5.74, 6) is 2.08. The lowest BCUT2D eigenvalue weighted by molar-refractivity contribution is -0.134. The van der Waals surface area contributed by atoms with Gasteiger partial charge >= 0.3 is 0 Å². The van der Waals surface area contributed by atoms with Gasteiger partial charge in [-0.15, -0.1) is 0 Å². The first-order chi connectivity index (χ1) is 12.6. The van der Waals surface area contributed by atoms with Crippen LogP contribution in [0.25, 0.3) is 0 Å². The number of halogens is 1. The summed E-state index contributed by atoms with van der Waals surface area (Å²) in [5, 5.41) is 0.633. The van der Waals surface area contributed by atoms with Gasteiger partial charge in [0.05, 0.1) is 20.3 Å². The number of hydrogen-bond donors (Lipinski definition) is 0. The summed E-state index contributed by atoms with van der Waals surface area (Å²) < 4.78 is 16.4. The van der Waals surface area contributed by atoms with Crippen LogP contribution in [0.4, 0.5) is 0 Å². The summed E-state index contributed by atoms with van der Waals surface area (Å²) >= 11 is 5.87. The third-order valence-corrected chi connectivity index (χ3v) is 4.80. The summed E-state index contributed by atoms with van der Waals surface area (Å²) in [7, 11) is 3.26. The lowest BCUT2D eigenvalue weighted by atomic mass is 10.0. The van der Waals surface area contributed by atoms with Crippen LogP contribution in [-0.4, -0.2) is 38.2 Å². The van der Waals surface area contributed by atoms with E-state index in [-0.39, 0.29) is 18.6 Å². The molecule has 1 atom stereocenters. The molecule has 26 heavy (non-hydrogen) atoms. The smallest absolute Gasteiger partial charge is 0.261 e. The Morgan fingerprint density at radius 3 is 2.54 bits per heavy atom. The Hall–Kier alpha value is -2.40. The molecule has 1 amide bonds. The van der Waals surface area contributed by atoms with Crippen molar-refractivity contribution in [2.75, 3.05) is 27.4 Å². The minimum atomic E-state index is -0.0488. The summed E-state index contributed by atoms with van der Waals surface area (Å²) in [4.78, 5) is 14.6. The SMILES string of the molecule is COc1ccc(OC)c(C2CCCN2C(=O)COc2ccc(Cl)cc2)c1. The van der Waals surface area contributed by atoms with Gasteiger partial charge in [0.15, 0.2) is 6.61 Å². The molecule has 3 rings (SSSR count). The third kappa shape index (κ3) is 4.05. The van der Waals surface area contributed by atoms with Crippen molar-refractivity contribution in [3.05, 3.63) is 53.1 Å². The minimum Gasteiger partial charge on any atom is -0.497 e. The van der Waals surface area contributed by atoms with Gasteiger partial charge in [-0.2, -0.15) is 0 Å². The van der Waals surface area contributed by atoms with Crippen LogP contribution in [0.5, 0.6) is 17.2 Å². The highest BCUT2D eigenvalue weighted by Crippen LogP contribution is 2.38. The molecule has 0 aliphatic carbocycles. The van der Waals surface area contributed by atoms with Crippen LogP contribution in [0.15, 0.2) is 42.5 Å². The molecular formula is C20H22ClNO4.